The Morgan fingerprint density at radius 3 is 2.60 bits per heavy atom. The summed E-state index contributed by atoms with van der Waals surface area (Å²) in [7, 11) is 0. The van der Waals surface area contributed by atoms with E-state index in [9.17, 15) is 4.79 Å². The number of anilines is 1. The molecular weight excluding hydrogens is 336 g/mol. The van der Waals surface area contributed by atoms with Crippen LogP contribution in [-0.2, 0) is 6.42 Å². The summed E-state index contributed by atoms with van der Waals surface area (Å²) in [4.78, 5) is 11.9. The molecule has 0 radical (unpaired) electrons. The molecule has 0 bridgehead atoms. The molecule has 2 rings (SSSR count). The molecule has 0 saturated carbocycles. The van der Waals surface area contributed by atoms with Crippen LogP contribution in [0.25, 0.3) is 0 Å². The van der Waals surface area contributed by atoms with E-state index in [4.69, 9.17) is 0 Å². The Bertz CT molecular complexity index is 577. The zero-order valence-corrected chi connectivity index (χ0v) is 13.3. The van der Waals surface area contributed by atoms with Crippen molar-refractivity contribution in [2.24, 2.45) is 0 Å². The zero-order chi connectivity index (χ0) is 14.4. The maximum Gasteiger partial charge on any atom is 0.331 e. The van der Waals surface area contributed by atoms with Crippen LogP contribution in [0.4, 0.5) is 10.5 Å². The highest BCUT2D eigenvalue weighted by Crippen LogP contribution is 2.15. The molecule has 0 aliphatic carbocycles. The van der Waals surface area contributed by atoms with E-state index in [1.807, 2.05) is 54.6 Å². The number of benzene rings is 2. The first-order valence-electron chi connectivity index (χ1n) is 6.23. The Kier molecular flexibility index (Phi) is 5.49. The summed E-state index contributed by atoms with van der Waals surface area (Å²) in [6.45, 7) is 0.569. The second-order valence-electron chi connectivity index (χ2n) is 4.26. The van der Waals surface area contributed by atoms with Crippen molar-refractivity contribution in [2.75, 3.05) is 10.8 Å². The molecule has 2 aromatic rings. The fourth-order valence-corrected chi connectivity index (χ4v) is 2.42. The van der Waals surface area contributed by atoms with E-state index in [-0.39, 0.29) is 6.03 Å². The molecule has 104 valence electrons. The van der Waals surface area contributed by atoms with Crippen molar-refractivity contribution in [1.29, 1.82) is 0 Å². The van der Waals surface area contributed by atoms with Gasteiger partial charge in [0, 0.05) is 11.0 Å². The van der Waals surface area contributed by atoms with Gasteiger partial charge in [-0.05, 0) is 36.2 Å². The van der Waals surface area contributed by atoms with Crippen molar-refractivity contribution >= 4 is 40.5 Å². The first kappa shape index (κ1) is 14.9. The van der Waals surface area contributed by atoms with Crippen molar-refractivity contribution in [2.45, 2.75) is 6.42 Å². The smallest absolute Gasteiger partial charge is 0.331 e. The van der Waals surface area contributed by atoms with E-state index < -0.39 is 0 Å². The van der Waals surface area contributed by atoms with Gasteiger partial charge in [0.1, 0.15) is 0 Å². The summed E-state index contributed by atoms with van der Waals surface area (Å²) in [6.07, 6.45) is 0.779. The number of hydrogen-bond donors (Lipinski definition) is 2. The van der Waals surface area contributed by atoms with Gasteiger partial charge in [-0.1, -0.05) is 59.1 Å². The van der Waals surface area contributed by atoms with Crippen LogP contribution in [0.1, 0.15) is 5.56 Å². The first-order chi connectivity index (χ1) is 9.66. The normalized spacial score (nSPS) is 10.1. The monoisotopic (exact) mass is 350 g/mol. The molecular formula is C15H15BrN2OS. The summed E-state index contributed by atoms with van der Waals surface area (Å²) in [5.41, 5.74) is 1.92. The summed E-state index contributed by atoms with van der Waals surface area (Å²) in [5, 5.41) is 2.84. The molecule has 0 spiro atoms. The number of carbonyl (C=O) groups excluding carboxylic acids is 1. The van der Waals surface area contributed by atoms with E-state index >= 15 is 0 Å². The quantitative estimate of drug-likeness (QED) is 0.801. The second-order valence-corrected chi connectivity index (χ2v) is 5.57. The van der Waals surface area contributed by atoms with Gasteiger partial charge in [0.2, 0.25) is 0 Å². The van der Waals surface area contributed by atoms with Gasteiger partial charge < -0.3 is 5.32 Å². The average Bonchev–Trinajstić information content (AvgIpc) is 2.47. The summed E-state index contributed by atoms with van der Waals surface area (Å²) >= 11 is 7.63. The minimum absolute atomic E-state index is 0.227. The largest absolute Gasteiger partial charge is 0.337 e. The van der Waals surface area contributed by atoms with Gasteiger partial charge in [0.05, 0.1) is 5.69 Å². The van der Waals surface area contributed by atoms with Gasteiger partial charge >= 0.3 is 6.03 Å². The van der Waals surface area contributed by atoms with Crippen molar-refractivity contribution < 1.29 is 4.79 Å². The Morgan fingerprint density at radius 1 is 1.15 bits per heavy atom. The molecule has 1 N–H and O–H groups in total. The number of halogens is 1. The van der Waals surface area contributed by atoms with E-state index in [1.54, 1.807) is 0 Å². The number of para-hydroxylation sites is 1. The summed E-state index contributed by atoms with van der Waals surface area (Å²) in [5.74, 6) is 0. The highest BCUT2D eigenvalue weighted by atomic mass is 79.9. The van der Waals surface area contributed by atoms with Gasteiger partial charge in [-0.2, -0.15) is 0 Å². The standard InChI is InChI=1S/C15H15BrN2OS/c16-13-6-4-5-12(11-13)9-10-17-15(19)18(20)14-7-2-1-3-8-14/h1-8,11,20H,9-10H2,(H,17,19). The van der Waals surface area contributed by atoms with Crippen LogP contribution in [0.5, 0.6) is 0 Å². The van der Waals surface area contributed by atoms with Crippen molar-refractivity contribution in [3.8, 4) is 0 Å². The first-order valence-corrected chi connectivity index (χ1v) is 7.42. The molecule has 0 atom stereocenters. The average molecular weight is 351 g/mol. The number of carbonyl (C=O) groups is 1. The molecule has 3 nitrogen and oxygen atoms in total. The third-order valence-electron chi connectivity index (χ3n) is 2.77. The number of thiol groups is 1. The number of nitrogens with zero attached hydrogens (tertiary/aromatic N) is 1. The highest BCUT2D eigenvalue weighted by Gasteiger charge is 2.10. The lowest BCUT2D eigenvalue weighted by atomic mass is 10.1. The Hall–Kier alpha value is -1.46. The highest BCUT2D eigenvalue weighted by molar-refractivity contribution is 9.10. The maximum atomic E-state index is 11.9. The van der Waals surface area contributed by atoms with E-state index in [1.165, 1.54) is 9.87 Å². The second kappa shape index (κ2) is 7.36. The minimum atomic E-state index is -0.227. The lowest BCUT2D eigenvalue weighted by molar-refractivity contribution is 0.250. The molecule has 0 unspecified atom stereocenters. The number of rotatable bonds is 4. The molecule has 2 aromatic carbocycles. The number of urea groups is 1. The third kappa shape index (κ3) is 4.28. The van der Waals surface area contributed by atoms with Gasteiger partial charge in [0.15, 0.2) is 0 Å². The lowest BCUT2D eigenvalue weighted by Gasteiger charge is -2.16. The van der Waals surface area contributed by atoms with Crippen molar-refractivity contribution in [1.82, 2.24) is 5.32 Å². The molecule has 0 aliphatic heterocycles. The lowest BCUT2D eigenvalue weighted by Crippen LogP contribution is -2.35. The van der Waals surface area contributed by atoms with Crippen LogP contribution >= 0.6 is 28.7 Å². The van der Waals surface area contributed by atoms with Crippen LogP contribution in [0.15, 0.2) is 59.1 Å². The van der Waals surface area contributed by atoms with Gasteiger partial charge in [-0.25, -0.2) is 9.10 Å². The topological polar surface area (TPSA) is 32.3 Å². The molecule has 0 saturated heterocycles. The SMILES string of the molecule is O=C(NCCc1cccc(Br)c1)N(S)c1ccccc1. The van der Waals surface area contributed by atoms with Crippen LogP contribution in [-0.4, -0.2) is 12.6 Å². The van der Waals surface area contributed by atoms with Crippen molar-refractivity contribution in [3.05, 3.63) is 64.6 Å². The Balaban J connectivity index is 1.83. The van der Waals surface area contributed by atoms with Crippen LogP contribution < -0.4 is 9.62 Å². The maximum absolute atomic E-state index is 11.9. The summed E-state index contributed by atoms with van der Waals surface area (Å²) in [6, 6.07) is 17.1. The molecule has 20 heavy (non-hydrogen) atoms. The van der Waals surface area contributed by atoms with Crippen LogP contribution in [0.3, 0.4) is 0 Å². The van der Waals surface area contributed by atoms with E-state index in [0.717, 1.165) is 16.6 Å². The van der Waals surface area contributed by atoms with E-state index in [2.05, 4.69) is 34.1 Å². The van der Waals surface area contributed by atoms with Gasteiger partial charge in [-0.3, -0.25) is 0 Å². The fraction of sp³-hybridized carbons (Fsp3) is 0.133. The predicted octanol–water partition coefficient (Wildman–Crippen LogP) is 4.05. The van der Waals surface area contributed by atoms with E-state index in [0.29, 0.717) is 6.54 Å². The zero-order valence-electron chi connectivity index (χ0n) is 10.8. The molecule has 0 fully saturated rings. The molecule has 0 aromatic heterocycles. The molecule has 0 aliphatic rings. The third-order valence-corrected chi connectivity index (χ3v) is 3.68. The fourth-order valence-electron chi connectivity index (χ4n) is 1.77. The number of nitrogens with one attached hydrogen (secondary N) is 1. The molecule has 0 heterocycles. The van der Waals surface area contributed by atoms with Crippen LogP contribution in [0.2, 0.25) is 0 Å². The Morgan fingerprint density at radius 2 is 1.90 bits per heavy atom. The summed E-state index contributed by atoms with van der Waals surface area (Å²) < 4.78 is 2.35. The molecule has 2 amide bonds. The van der Waals surface area contributed by atoms with Crippen LogP contribution in [0, 0.1) is 0 Å². The minimum Gasteiger partial charge on any atom is -0.337 e. The predicted molar refractivity (Wildman–Crippen MR) is 89.2 cm³/mol. The Labute approximate surface area is 132 Å². The number of amides is 2. The van der Waals surface area contributed by atoms with Gasteiger partial charge in [-0.15, -0.1) is 0 Å². The van der Waals surface area contributed by atoms with Gasteiger partial charge in [0.25, 0.3) is 0 Å². The number of hydrogen-bond acceptors (Lipinski definition) is 2. The van der Waals surface area contributed by atoms with Crippen molar-refractivity contribution in [3.63, 3.8) is 0 Å². The molecule has 5 heteroatoms.